The molecule has 2 aromatic carbocycles. The van der Waals surface area contributed by atoms with Gasteiger partial charge in [-0.3, -0.25) is 9.69 Å². The lowest BCUT2D eigenvalue weighted by molar-refractivity contribution is -0.123. The maximum absolute atomic E-state index is 12.1. The molecule has 2 aromatic rings. The van der Waals surface area contributed by atoms with E-state index in [2.05, 4.69) is 52.1 Å². The van der Waals surface area contributed by atoms with Gasteiger partial charge in [0.1, 0.15) is 5.75 Å². The van der Waals surface area contributed by atoms with E-state index in [4.69, 9.17) is 4.74 Å². The second-order valence-corrected chi connectivity index (χ2v) is 6.67. The number of benzene rings is 2. The fourth-order valence-electron chi connectivity index (χ4n) is 2.52. The Morgan fingerprint density at radius 1 is 1.08 bits per heavy atom. The highest BCUT2D eigenvalue weighted by Crippen LogP contribution is 2.17. The van der Waals surface area contributed by atoms with Crippen LogP contribution in [0.5, 0.6) is 5.75 Å². The molecule has 0 aliphatic heterocycles. The minimum Gasteiger partial charge on any atom is -0.484 e. The number of nitrogens with zero attached hydrogens (tertiary/aromatic N) is 1. The molecule has 2 rings (SSSR count). The van der Waals surface area contributed by atoms with Gasteiger partial charge in [0, 0.05) is 17.6 Å². The lowest BCUT2D eigenvalue weighted by atomic mass is 10.1. The van der Waals surface area contributed by atoms with Crippen LogP contribution in [-0.4, -0.2) is 30.5 Å². The summed E-state index contributed by atoms with van der Waals surface area (Å²) in [4.78, 5) is 14.4. The van der Waals surface area contributed by atoms with Gasteiger partial charge >= 0.3 is 0 Å². The molecule has 25 heavy (non-hydrogen) atoms. The second-order valence-electron chi connectivity index (χ2n) is 5.75. The molecule has 0 bridgehead atoms. The number of ether oxygens (including phenoxy) is 1. The Balaban J connectivity index is 1.87. The Morgan fingerprint density at radius 3 is 2.48 bits per heavy atom. The van der Waals surface area contributed by atoms with Crippen LogP contribution in [0.15, 0.2) is 53.0 Å². The second kappa shape index (κ2) is 10.2. The van der Waals surface area contributed by atoms with Crippen molar-refractivity contribution in [1.29, 1.82) is 0 Å². The Kier molecular flexibility index (Phi) is 7.95. The fraction of sp³-hybridized carbons (Fsp3) is 0.350. The van der Waals surface area contributed by atoms with Gasteiger partial charge < -0.3 is 10.1 Å². The molecule has 0 fully saturated rings. The molecule has 0 unspecified atom stereocenters. The molecule has 1 amide bonds. The number of amides is 1. The first kappa shape index (κ1) is 19.5. The van der Waals surface area contributed by atoms with E-state index in [-0.39, 0.29) is 12.5 Å². The zero-order valence-corrected chi connectivity index (χ0v) is 16.4. The van der Waals surface area contributed by atoms with Crippen molar-refractivity contribution >= 4 is 21.8 Å². The highest BCUT2D eigenvalue weighted by Gasteiger charge is 2.08. The molecule has 0 aromatic heterocycles. The van der Waals surface area contributed by atoms with Gasteiger partial charge in [0.2, 0.25) is 0 Å². The molecule has 1 N–H and O–H groups in total. The van der Waals surface area contributed by atoms with Crippen LogP contribution in [-0.2, 0) is 17.9 Å². The lowest BCUT2D eigenvalue weighted by Gasteiger charge is -2.20. The molecule has 0 spiro atoms. The maximum atomic E-state index is 12.1. The van der Waals surface area contributed by atoms with E-state index in [0.717, 1.165) is 29.7 Å². The summed E-state index contributed by atoms with van der Waals surface area (Å²) in [6.07, 6.45) is 0. The van der Waals surface area contributed by atoms with Gasteiger partial charge in [0.05, 0.1) is 0 Å². The van der Waals surface area contributed by atoms with E-state index in [1.807, 2.05) is 36.4 Å². The molecule has 0 aliphatic carbocycles. The monoisotopic (exact) mass is 404 g/mol. The smallest absolute Gasteiger partial charge is 0.258 e. The van der Waals surface area contributed by atoms with Crippen LogP contribution in [0.1, 0.15) is 25.0 Å². The third-order valence-corrected chi connectivity index (χ3v) is 4.54. The van der Waals surface area contributed by atoms with Crippen molar-refractivity contribution in [3.63, 3.8) is 0 Å². The largest absolute Gasteiger partial charge is 0.484 e. The summed E-state index contributed by atoms with van der Waals surface area (Å²) >= 11 is 3.39. The van der Waals surface area contributed by atoms with Gasteiger partial charge in [-0.1, -0.05) is 60.1 Å². The lowest BCUT2D eigenvalue weighted by Crippen LogP contribution is -2.29. The van der Waals surface area contributed by atoms with Crippen LogP contribution in [0.25, 0.3) is 0 Å². The molecule has 0 saturated heterocycles. The van der Waals surface area contributed by atoms with Crippen LogP contribution in [0.3, 0.4) is 0 Å². The Bertz CT molecular complexity index is 687. The predicted octanol–water partition coefficient (Wildman–Crippen LogP) is 3.99. The summed E-state index contributed by atoms with van der Waals surface area (Å²) in [5.41, 5.74) is 2.39. The molecular weight excluding hydrogens is 380 g/mol. The maximum Gasteiger partial charge on any atom is 0.258 e. The number of carbonyl (C=O) groups excluding carboxylic acids is 1. The van der Waals surface area contributed by atoms with Crippen molar-refractivity contribution in [2.24, 2.45) is 0 Å². The standard InChI is InChI=1S/C20H25BrN2O2/c1-3-23(4-2)14-17-9-6-5-8-16(17)13-22-20(24)15-25-19-11-7-10-18(21)12-19/h5-12H,3-4,13-15H2,1-2H3,(H,22,24). The van der Waals surface area contributed by atoms with Crippen molar-refractivity contribution in [3.8, 4) is 5.75 Å². The fourth-order valence-corrected chi connectivity index (χ4v) is 2.90. The average molecular weight is 405 g/mol. The van der Waals surface area contributed by atoms with E-state index >= 15 is 0 Å². The normalized spacial score (nSPS) is 10.7. The minimum atomic E-state index is -0.127. The van der Waals surface area contributed by atoms with Gasteiger partial charge in [0.25, 0.3) is 5.91 Å². The van der Waals surface area contributed by atoms with Gasteiger partial charge in [-0.25, -0.2) is 0 Å². The first-order valence-electron chi connectivity index (χ1n) is 8.56. The highest BCUT2D eigenvalue weighted by atomic mass is 79.9. The van der Waals surface area contributed by atoms with E-state index in [0.29, 0.717) is 12.3 Å². The van der Waals surface area contributed by atoms with Gasteiger partial charge in [-0.2, -0.15) is 0 Å². The van der Waals surface area contributed by atoms with Crippen molar-refractivity contribution < 1.29 is 9.53 Å². The van der Waals surface area contributed by atoms with Gasteiger partial charge in [0.15, 0.2) is 6.61 Å². The van der Waals surface area contributed by atoms with Crippen molar-refractivity contribution in [1.82, 2.24) is 10.2 Å². The van der Waals surface area contributed by atoms with Gasteiger partial charge in [-0.15, -0.1) is 0 Å². The first-order chi connectivity index (χ1) is 12.1. The summed E-state index contributed by atoms with van der Waals surface area (Å²) < 4.78 is 6.44. The molecule has 5 heteroatoms. The number of hydrogen-bond donors (Lipinski definition) is 1. The van der Waals surface area contributed by atoms with Crippen molar-refractivity contribution in [2.75, 3.05) is 19.7 Å². The Labute approximate surface area is 158 Å². The number of rotatable bonds is 9. The number of carbonyl (C=O) groups is 1. The molecule has 0 atom stereocenters. The van der Waals surface area contributed by atoms with Crippen LogP contribution in [0.4, 0.5) is 0 Å². The Morgan fingerprint density at radius 2 is 1.80 bits per heavy atom. The third-order valence-electron chi connectivity index (χ3n) is 4.05. The van der Waals surface area contributed by atoms with Crippen molar-refractivity contribution in [3.05, 3.63) is 64.1 Å². The third kappa shape index (κ3) is 6.52. The SMILES string of the molecule is CCN(CC)Cc1ccccc1CNC(=O)COc1cccc(Br)c1. The van der Waals surface area contributed by atoms with Crippen molar-refractivity contribution in [2.45, 2.75) is 26.9 Å². The zero-order chi connectivity index (χ0) is 18.1. The summed E-state index contributed by atoms with van der Waals surface area (Å²) in [6, 6.07) is 15.7. The minimum absolute atomic E-state index is 0.00860. The molecule has 0 aliphatic rings. The summed E-state index contributed by atoms with van der Waals surface area (Å²) in [6.45, 7) is 7.76. The molecule has 4 nitrogen and oxygen atoms in total. The number of hydrogen-bond acceptors (Lipinski definition) is 3. The van der Waals surface area contributed by atoms with Crippen LogP contribution >= 0.6 is 15.9 Å². The van der Waals surface area contributed by atoms with E-state index in [9.17, 15) is 4.79 Å². The zero-order valence-electron chi connectivity index (χ0n) is 14.8. The molecule has 134 valence electrons. The van der Waals surface area contributed by atoms with E-state index in [1.165, 1.54) is 5.56 Å². The van der Waals surface area contributed by atoms with E-state index < -0.39 is 0 Å². The van der Waals surface area contributed by atoms with Crippen LogP contribution < -0.4 is 10.1 Å². The molecule has 0 heterocycles. The van der Waals surface area contributed by atoms with Gasteiger partial charge in [-0.05, 0) is 42.4 Å². The van der Waals surface area contributed by atoms with E-state index in [1.54, 1.807) is 0 Å². The summed E-state index contributed by atoms with van der Waals surface area (Å²) in [5.74, 6) is 0.545. The molecule has 0 saturated carbocycles. The topological polar surface area (TPSA) is 41.6 Å². The highest BCUT2D eigenvalue weighted by molar-refractivity contribution is 9.10. The molecule has 0 radical (unpaired) electrons. The quantitative estimate of drug-likeness (QED) is 0.686. The summed E-state index contributed by atoms with van der Waals surface area (Å²) in [7, 11) is 0. The van der Waals surface area contributed by atoms with Crippen LogP contribution in [0, 0.1) is 0 Å². The number of halogens is 1. The van der Waals surface area contributed by atoms with Crippen LogP contribution in [0.2, 0.25) is 0 Å². The summed E-state index contributed by atoms with van der Waals surface area (Å²) in [5, 5.41) is 2.94. The molecular formula is C20H25BrN2O2. The Hall–Kier alpha value is -1.85. The number of nitrogens with one attached hydrogen (secondary N) is 1. The average Bonchev–Trinajstić information content (AvgIpc) is 2.63. The first-order valence-corrected chi connectivity index (χ1v) is 9.35. The predicted molar refractivity (Wildman–Crippen MR) is 105 cm³/mol.